The van der Waals surface area contributed by atoms with E-state index in [1.54, 1.807) is 5.38 Å². The normalized spacial score (nSPS) is 12.9. The van der Waals surface area contributed by atoms with Crippen LogP contribution in [0.5, 0.6) is 0 Å². The van der Waals surface area contributed by atoms with E-state index in [1.807, 2.05) is 13.8 Å². The maximum atomic E-state index is 10.8. The highest BCUT2D eigenvalue weighted by Crippen LogP contribution is 2.21. The third-order valence-corrected chi connectivity index (χ3v) is 2.78. The molecule has 0 fully saturated rings. The van der Waals surface area contributed by atoms with E-state index in [0.29, 0.717) is 10.3 Å². The quantitative estimate of drug-likeness (QED) is 0.839. The Morgan fingerprint density at radius 3 is 2.71 bits per heavy atom. The van der Waals surface area contributed by atoms with Gasteiger partial charge in [0, 0.05) is 5.38 Å². The summed E-state index contributed by atoms with van der Waals surface area (Å²) in [6, 6.07) is -0.628. The summed E-state index contributed by atoms with van der Waals surface area (Å²) in [5.74, 6) is -0.888. The molecule has 1 rings (SSSR count). The van der Waals surface area contributed by atoms with Gasteiger partial charge in [0.15, 0.2) is 5.13 Å². The molecule has 4 nitrogen and oxygen atoms in total. The zero-order chi connectivity index (χ0) is 10.7. The number of carboxylic acid groups (broad SMARTS) is 1. The Bertz CT molecular complexity index is 327. The van der Waals surface area contributed by atoms with Crippen LogP contribution in [0.4, 0.5) is 5.13 Å². The van der Waals surface area contributed by atoms with E-state index in [0.717, 1.165) is 0 Å². The van der Waals surface area contributed by atoms with Gasteiger partial charge in [-0.25, -0.2) is 9.78 Å². The highest BCUT2D eigenvalue weighted by atomic mass is 35.5. The molecule has 0 aliphatic carbocycles. The number of nitrogens with one attached hydrogen (secondary N) is 1. The second kappa shape index (κ2) is 4.61. The molecule has 0 saturated carbocycles. The number of aliphatic carboxylic acids is 1. The molecule has 0 saturated heterocycles. The second-order valence-electron chi connectivity index (χ2n) is 3.18. The van der Waals surface area contributed by atoms with Gasteiger partial charge in [-0.05, 0) is 5.92 Å². The molecule has 1 heterocycles. The van der Waals surface area contributed by atoms with Crippen LogP contribution in [-0.4, -0.2) is 22.1 Å². The second-order valence-corrected chi connectivity index (χ2v) is 4.42. The predicted octanol–water partition coefficient (Wildman–Crippen LogP) is 2.32. The van der Waals surface area contributed by atoms with E-state index >= 15 is 0 Å². The van der Waals surface area contributed by atoms with Gasteiger partial charge in [-0.15, -0.1) is 11.3 Å². The minimum Gasteiger partial charge on any atom is -0.480 e. The topological polar surface area (TPSA) is 62.2 Å². The zero-order valence-corrected chi connectivity index (χ0v) is 9.39. The largest absolute Gasteiger partial charge is 0.480 e. The number of nitrogens with zero attached hydrogens (tertiary/aromatic N) is 1. The predicted molar refractivity (Wildman–Crippen MR) is 57.0 cm³/mol. The number of thiazole rings is 1. The maximum absolute atomic E-state index is 10.8. The van der Waals surface area contributed by atoms with Crippen molar-refractivity contribution in [1.82, 2.24) is 4.98 Å². The summed E-state index contributed by atoms with van der Waals surface area (Å²) in [6.45, 7) is 3.67. The lowest BCUT2D eigenvalue weighted by molar-refractivity contribution is -0.138. The van der Waals surface area contributed by atoms with Crippen LogP contribution in [0, 0.1) is 5.92 Å². The molecule has 6 heteroatoms. The third kappa shape index (κ3) is 2.85. The first-order valence-corrected chi connectivity index (χ1v) is 5.37. The van der Waals surface area contributed by atoms with Gasteiger partial charge in [0.1, 0.15) is 11.2 Å². The van der Waals surface area contributed by atoms with Gasteiger partial charge in [0.25, 0.3) is 0 Å². The molecule has 0 aromatic carbocycles. The van der Waals surface area contributed by atoms with Gasteiger partial charge in [0.2, 0.25) is 0 Å². The average Bonchev–Trinajstić information content (AvgIpc) is 2.46. The number of rotatable bonds is 4. The van der Waals surface area contributed by atoms with Crippen molar-refractivity contribution in [3.05, 3.63) is 10.5 Å². The van der Waals surface area contributed by atoms with E-state index in [9.17, 15) is 4.79 Å². The molecule has 2 N–H and O–H groups in total. The van der Waals surface area contributed by atoms with E-state index in [2.05, 4.69) is 10.3 Å². The van der Waals surface area contributed by atoms with Crippen molar-refractivity contribution >= 4 is 34.0 Å². The van der Waals surface area contributed by atoms with E-state index in [-0.39, 0.29) is 5.92 Å². The first kappa shape index (κ1) is 11.3. The highest BCUT2D eigenvalue weighted by Gasteiger charge is 2.21. The summed E-state index contributed by atoms with van der Waals surface area (Å²) in [5, 5.41) is 14.3. The van der Waals surface area contributed by atoms with Crippen LogP contribution in [0.2, 0.25) is 5.15 Å². The van der Waals surface area contributed by atoms with Crippen molar-refractivity contribution in [2.24, 2.45) is 5.92 Å². The fourth-order valence-electron chi connectivity index (χ4n) is 0.967. The number of halogens is 1. The molecular formula is C8H11ClN2O2S. The van der Waals surface area contributed by atoms with Crippen molar-refractivity contribution in [3.63, 3.8) is 0 Å². The van der Waals surface area contributed by atoms with E-state index in [1.165, 1.54) is 11.3 Å². The highest BCUT2D eigenvalue weighted by molar-refractivity contribution is 7.14. The van der Waals surface area contributed by atoms with Crippen molar-refractivity contribution in [2.75, 3.05) is 5.32 Å². The van der Waals surface area contributed by atoms with Gasteiger partial charge < -0.3 is 10.4 Å². The third-order valence-electron chi connectivity index (χ3n) is 1.69. The van der Waals surface area contributed by atoms with Gasteiger partial charge in [0.05, 0.1) is 0 Å². The Kier molecular flexibility index (Phi) is 3.71. The number of aromatic nitrogens is 1. The monoisotopic (exact) mass is 234 g/mol. The van der Waals surface area contributed by atoms with Crippen LogP contribution in [0.1, 0.15) is 13.8 Å². The van der Waals surface area contributed by atoms with Gasteiger partial charge in [-0.2, -0.15) is 0 Å². The zero-order valence-electron chi connectivity index (χ0n) is 7.82. The minimum atomic E-state index is -0.883. The van der Waals surface area contributed by atoms with Crippen molar-refractivity contribution in [1.29, 1.82) is 0 Å². The molecule has 1 aromatic rings. The van der Waals surface area contributed by atoms with Gasteiger partial charge in [-0.3, -0.25) is 0 Å². The molecule has 1 atom stereocenters. The fraction of sp³-hybridized carbons (Fsp3) is 0.500. The van der Waals surface area contributed by atoms with Crippen LogP contribution in [-0.2, 0) is 4.79 Å². The van der Waals surface area contributed by atoms with Crippen molar-refractivity contribution in [2.45, 2.75) is 19.9 Å². The molecule has 1 unspecified atom stereocenters. The molecule has 0 spiro atoms. The summed E-state index contributed by atoms with van der Waals surface area (Å²) >= 11 is 6.91. The smallest absolute Gasteiger partial charge is 0.326 e. The van der Waals surface area contributed by atoms with Crippen molar-refractivity contribution < 1.29 is 9.90 Å². The number of carbonyl (C=O) groups is 1. The molecule has 14 heavy (non-hydrogen) atoms. The maximum Gasteiger partial charge on any atom is 0.326 e. The Labute approximate surface area is 90.9 Å². The lowest BCUT2D eigenvalue weighted by Crippen LogP contribution is -2.34. The Morgan fingerprint density at radius 1 is 1.71 bits per heavy atom. The van der Waals surface area contributed by atoms with Crippen LogP contribution in [0.3, 0.4) is 0 Å². The van der Waals surface area contributed by atoms with Crippen LogP contribution in [0.25, 0.3) is 0 Å². The van der Waals surface area contributed by atoms with Crippen LogP contribution in [0.15, 0.2) is 5.38 Å². The van der Waals surface area contributed by atoms with Crippen LogP contribution < -0.4 is 5.32 Å². The number of hydrogen-bond acceptors (Lipinski definition) is 4. The van der Waals surface area contributed by atoms with Crippen LogP contribution >= 0.6 is 22.9 Å². The Balaban J connectivity index is 2.69. The number of carboxylic acids is 1. The average molecular weight is 235 g/mol. The molecule has 78 valence electrons. The lowest BCUT2D eigenvalue weighted by Gasteiger charge is -2.16. The summed E-state index contributed by atoms with van der Waals surface area (Å²) < 4.78 is 0. The summed E-state index contributed by atoms with van der Waals surface area (Å²) in [5.41, 5.74) is 0. The molecule has 0 aliphatic heterocycles. The molecule has 0 radical (unpaired) electrons. The summed E-state index contributed by atoms with van der Waals surface area (Å²) in [4.78, 5) is 14.8. The van der Waals surface area contributed by atoms with Gasteiger partial charge >= 0.3 is 5.97 Å². The Hall–Kier alpha value is -0.810. The first-order chi connectivity index (χ1) is 6.50. The van der Waals surface area contributed by atoms with Gasteiger partial charge in [-0.1, -0.05) is 25.4 Å². The summed E-state index contributed by atoms with van der Waals surface area (Å²) in [7, 11) is 0. The Morgan fingerprint density at radius 2 is 2.36 bits per heavy atom. The standard InChI is InChI=1S/C8H11ClN2O2S/c1-4(2)6(7(12)13)11-8-10-5(9)3-14-8/h3-4,6H,1-2H3,(H,10,11)(H,12,13). The number of hydrogen-bond donors (Lipinski definition) is 2. The number of anilines is 1. The lowest BCUT2D eigenvalue weighted by atomic mass is 10.1. The van der Waals surface area contributed by atoms with E-state index < -0.39 is 12.0 Å². The molecular weight excluding hydrogens is 224 g/mol. The summed E-state index contributed by atoms with van der Waals surface area (Å²) in [6.07, 6.45) is 0. The SMILES string of the molecule is CC(C)C(Nc1nc(Cl)cs1)C(=O)O. The first-order valence-electron chi connectivity index (χ1n) is 4.11. The minimum absolute atomic E-state index is 0.00447. The molecule has 0 aliphatic rings. The molecule has 1 aromatic heterocycles. The fourth-order valence-corrected chi connectivity index (χ4v) is 1.84. The molecule has 0 amide bonds. The van der Waals surface area contributed by atoms with E-state index in [4.69, 9.17) is 16.7 Å². The molecule has 0 bridgehead atoms. The van der Waals surface area contributed by atoms with Crippen molar-refractivity contribution in [3.8, 4) is 0 Å².